The van der Waals surface area contributed by atoms with Crippen LogP contribution in [0.25, 0.3) is 0 Å². The van der Waals surface area contributed by atoms with E-state index in [1.165, 1.54) is 24.4 Å². The van der Waals surface area contributed by atoms with Crippen LogP contribution in [-0.2, 0) is 11.4 Å². The molecule has 6 nitrogen and oxygen atoms in total. The molecule has 0 bridgehead atoms. The number of benzene rings is 3. The lowest BCUT2D eigenvalue weighted by atomic mass is 10.2. The van der Waals surface area contributed by atoms with Crippen molar-refractivity contribution in [3.8, 4) is 5.75 Å². The molecular formula is C24H20BrClFN3O3. The van der Waals surface area contributed by atoms with Gasteiger partial charge in [-0.05, 0) is 36.4 Å². The molecule has 0 saturated heterocycles. The average molecular weight is 533 g/mol. The van der Waals surface area contributed by atoms with Gasteiger partial charge in [0, 0.05) is 33.6 Å². The Labute approximate surface area is 203 Å². The highest BCUT2D eigenvalue weighted by Crippen LogP contribution is 2.24. The summed E-state index contributed by atoms with van der Waals surface area (Å²) in [5.41, 5.74) is 3.81. The minimum atomic E-state index is -0.620. The maximum absolute atomic E-state index is 13.6. The van der Waals surface area contributed by atoms with Gasteiger partial charge in [0.15, 0.2) is 0 Å². The van der Waals surface area contributed by atoms with Crippen LogP contribution in [0.5, 0.6) is 5.75 Å². The molecule has 33 heavy (non-hydrogen) atoms. The van der Waals surface area contributed by atoms with Gasteiger partial charge in [0.2, 0.25) is 5.91 Å². The number of ether oxygens (including phenoxy) is 1. The molecule has 2 amide bonds. The van der Waals surface area contributed by atoms with E-state index in [0.717, 1.165) is 10.0 Å². The number of carbonyl (C=O) groups excluding carboxylic acids is 2. The van der Waals surface area contributed by atoms with Crippen molar-refractivity contribution >= 4 is 45.6 Å². The zero-order valence-corrected chi connectivity index (χ0v) is 19.7. The first-order valence-corrected chi connectivity index (χ1v) is 11.1. The topological polar surface area (TPSA) is 79.8 Å². The molecule has 0 unspecified atom stereocenters. The molecule has 170 valence electrons. The molecule has 9 heteroatoms. The van der Waals surface area contributed by atoms with Gasteiger partial charge in [-0.1, -0.05) is 57.9 Å². The Balaban J connectivity index is 1.51. The minimum Gasteiger partial charge on any atom is -0.488 e. The van der Waals surface area contributed by atoms with Crippen molar-refractivity contribution in [1.29, 1.82) is 0 Å². The summed E-state index contributed by atoms with van der Waals surface area (Å²) < 4.78 is 20.3. The average Bonchev–Trinajstić information content (AvgIpc) is 2.79. The number of rotatable bonds is 9. The molecule has 2 N–H and O–H groups in total. The predicted octanol–water partition coefficient (Wildman–Crippen LogP) is 5.09. The Bertz CT molecular complexity index is 1170. The third-order valence-corrected chi connectivity index (χ3v) is 5.32. The molecule has 0 aromatic heterocycles. The predicted molar refractivity (Wildman–Crippen MR) is 129 cm³/mol. The zero-order chi connectivity index (χ0) is 23.6. The van der Waals surface area contributed by atoms with Crippen molar-refractivity contribution < 1.29 is 18.7 Å². The van der Waals surface area contributed by atoms with Crippen molar-refractivity contribution in [1.82, 2.24) is 10.7 Å². The summed E-state index contributed by atoms with van der Waals surface area (Å²) in [6.07, 6.45) is 1.44. The molecule has 0 atom stereocenters. The number of hydrogen-bond donors (Lipinski definition) is 2. The second-order valence-electron chi connectivity index (χ2n) is 6.84. The molecule has 3 aromatic carbocycles. The highest BCUT2D eigenvalue weighted by molar-refractivity contribution is 9.10. The standard InChI is InChI=1S/C24H20BrClFN3O3/c25-18-9-10-22(33-15-16-5-1-3-7-20(16)26)17(13-18)14-29-30-23(31)11-12-28-24(32)19-6-2-4-8-21(19)27/h1-10,13-14H,11-12,15H2,(H,28,32)(H,30,31). The summed E-state index contributed by atoms with van der Waals surface area (Å²) in [6, 6.07) is 18.4. The Morgan fingerprint density at radius 3 is 2.64 bits per heavy atom. The molecule has 0 heterocycles. The largest absolute Gasteiger partial charge is 0.488 e. The number of carbonyl (C=O) groups is 2. The van der Waals surface area contributed by atoms with E-state index in [2.05, 4.69) is 31.8 Å². The number of nitrogens with one attached hydrogen (secondary N) is 2. The fourth-order valence-corrected chi connectivity index (χ4v) is 3.35. The molecule has 0 aliphatic heterocycles. The molecule has 3 rings (SSSR count). The normalized spacial score (nSPS) is 10.8. The quantitative estimate of drug-likeness (QED) is 0.298. The van der Waals surface area contributed by atoms with Gasteiger partial charge in [0.1, 0.15) is 18.2 Å². The summed E-state index contributed by atoms with van der Waals surface area (Å²) in [4.78, 5) is 24.0. The van der Waals surface area contributed by atoms with Crippen molar-refractivity contribution in [2.45, 2.75) is 13.0 Å². The lowest BCUT2D eigenvalue weighted by Crippen LogP contribution is -2.29. The first kappa shape index (κ1) is 24.4. The van der Waals surface area contributed by atoms with Crippen molar-refractivity contribution in [2.75, 3.05) is 6.54 Å². The van der Waals surface area contributed by atoms with Crippen LogP contribution in [0.2, 0.25) is 5.02 Å². The third-order valence-electron chi connectivity index (χ3n) is 4.46. The van der Waals surface area contributed by atoms with E-state index >= 15 is 0 Å². The molecule has 0 aliphatic carbocycles. The van der Waals surface area contributed by atoms with E-state index in [9.17, 15) is 14.0 Å². The van der Waals surface area contributed by atoms with E-state index in [-0.39, 0.29) is 25.1 Å². The number of hydrogen-bond acceptors (Lipinski definition) is 4. The highest BCUT2D eigenvalue weighted by atomic mass is 79.9. The number of hydrazone groups is 1. The van der Waals surface area contributed by atoms with Crippen molar-refractivity contribution in [3.05, 3.63) is 98.7 Å². The SMILES string of the molecule is O=C(CCNC(=O)c1ccccc1F)NN=Cc1cc(Br)ccc1OCc1ccccc1Cl. The van der Waals surface area contributed by atoms with E-state index in [1.807, 2.05) is 24.3 Å². The van der Waals surface area contributed by atoms with E-state index in [0.29, 0.717) is 16.3 Å². The van der Waals surface area contributed by atoms with Gasteiger partial charge in [-0.2, -0.15) is 5.10 Å². The van der Waals surface area contributed by atoms with Gasteiger partial charge in [0.25, 0.3) is 5.91 Å². The molecular weight excluding hydrogens is 513 g/mol. The lowest BCUT2D eigenvalue weighted by Gasteiger charge is -2.10. The third kappa shape index (κ3) is 7.40. The molecule has 0 spiro atoms. The molecule has 0 fully saturated rings. The lowest BCUT2D eigenvalue weighted by molar-refractivity contribution is -0.120. The fraction of sp³-hybridized carbons (Fsp3) is 0.125. The Morgan fingerprint density at radius 1 is 1.09 bits per heavy atom. The van der Waals surface area contributed by atoms with Crippen LogP contribution < -0.4 is 15.5 Å². The molecule has 0 aliphatic rings. The fourth-order valence-electron chi connectivity index (χ4n) is 2.78. The van der Waals surface area contributed by atoms with Crippen LogP contribution in [0.3, 0.4) is 0 Å². The first-order chi connectivity index (χ1) is 15.9. The Hall–Kier alpha value is -3.23. The minimum absolute atomic E-state index is 0.0219. The van der Waals surface area contributed by atoms with Gasteiger partial charge in [-0.3, -0.25) is 9.59 Å². The smallest absolute Gasteiger partial charge is 0.254 e. The molecule has 3 aromatic rings. The monoisotopic (exact) mass is 531 g/mol. The first-order valence-electron chi connectivity index (χ1n) is 9.94. The maximum atomic E-state index is 13.6. The van der Waals surface area contributed by atoms with Gasteiger partial charge in [0.05, 0.1) is 11.8 Å². The maximum Gasteiger partial charge on any atom is 0.254 e. The van der Waals surface area contributed by atoms with Crippen LogP contribution >= 0.6 is 27.5 Å². The number of amides is 2. The summed E-state index contributed by atoms with van der Waals surface area (Å²) in [6.45, 7) is 0.313. The Morgan fingerprint density at radius 2 is 1.85 bits per heavy atom. The van der Waals surface area contributed by atoms with Gasteiger partial charge < -0.3 is 10.1 Å². The second-order valence-corrected chi connectivity index (χ2v) is 8.16. The van der Waals surface area contributed by atoms with Crippen molar-refractivity contribution in [2.24, 2.45) is 5.10 Å². The van der Waals surface area contributed by atoms with Gasteiger partial charge in [-0.25, -0.2) is 9.82 Å². The summed E-state index contributed by atoms with van der Waals surface area (Å²) in [5.74, 6) is -1.05. The zero-order valence-electron chi connectivity index (χ0n) is 17.4. The van der Waals surface area contributed by atoms with Crippen LogP contribution in [0, 0.1) is 5.82 Å². The van der Waals surface area contributed by atoms with Crippen LogP contribution in [0.1, 0.15) is 27.9 Å². The van der Waals surface area contributed by atoms with Gasteiger partial charge in [-0.15, -0.1) is 0 Å². The van der Waals surface area contributed by atoms with E-state index in [4.69, 9.17) is 16.3 Å². The summed E-state index contributed by atoms with van der Waals surface area (Å²) >= 11 is 9.58. The number of halogens is 3. The van der Waals surface area contributed by atoms with Crippen molar-refractivity contribution in [3.63, 3.8) is 0 Å². The number of nitrogens with zero attached hydrogens (tertiary/aromatic N) is 1. The molecule has 0 saturated carbocycles. The van der Waals surface area contributed by atoms with E-state index < -0.39 is 17.6 Å². The summed E-state index contributed by atoms with van der Waals surface area (Å²) in [5, 5.41) is 7.08. The van der Waals surface area contributed by atoms with Gasteiger partial charge >= 0.3 is 0 Å². The summed E-state index contributed by atoms with van der Waals surface area (Å²) in [7, 11) is 0. The molecule has 0 radical (unpaired) electrons. The van der Waals surface area contributed by atoms with Crippen LogP contribution in [0.4, 0.5) is 4.39 Å². The van der Waals surface area contributed by atoms with Crippen LogP contribution in [0.15, 0.2) is 76.3 Å². The second kappa shape index (κ2) is 12.1. The van der Waals surface area contributed by atoms with E-state index in [1.54, 1.807) is 24.3 Å². The highest BCUT2D eigenvalue weighted by Gasteiger charge is 2.11. The Kier molecular flexibility index (Phi) is 8.97. The van der Waals surface area contributed by atoms with Crippen LogP contribution in [-0.4, -0.2) is 24.6 Å².